The zero-order valence-electron chi connectivity index (χ0n) is 10.4. The molecule has 0 bridgehead atoms. The molecule has 0 rings (SSSR count). The second-order valence-electron chi connectivity index (χ2n) is 3.96. The standard InChI is InChI=1S/C13H27NO/c1-4-6-7-8-9-10-13(14-5-2)11-12-15-3/h4,13-14H,1,5-12H2,2-3H3. The molecule has 0 aromatic rings. The molecule has 0 aliphatic carbocycles. The van der Waals surface area contributed by atoms with E-state index in [1.807, 2.05) is 6.08 Å². The van der Waals surface area contributed by atoms with Crippen molar-refractivity contribution < 1.29 is 4.74 Å². The Kier molecular flexibility index (Phi) is 11.5. The zero-order chi connectivity index (χ0) is 11.4. The Balaban J connectivity index is 3.42. The third-order valence-electron chi connectivity index (χ3n) is 2.62. The number of hydrogen-bond donors (Lipinski definition) is 1. The molecular weight excluding hydrogens is 186 g/mol. The average molecular weight is 213 g/mol. The van der Waals surface area contributed by atoms with Gasteiger partial charge in [-0.05, 0) is 32.2 Å². The van der Waals surface area contributed by atoms with Crippen LogP contribution in [0, 0.1) is 0 Å². The maximum atomic E-state index is 5.11. The Bertz CT molecular complexity index is 136. The Morgan fingerprint density at radius 1 is 1.27 bits per heavy atom. The minimum atomic E-state index is 0.638. The number of hydrogen-bond acceptors (Lipinski definition) is 2. The molecule has 0 amide bonds. The second kappa shape index (κ2) is 11.7. The van der Waals surface area contributed by atoms with E-state index in [9.17, 15) is 0 Å². The van der Waals surface area contributed by atoms with E-state index in [2.05, 4.69) is 18.8 Å². The molecule has 0 aromatic carbocycles. The van der Waals surface area contributed by atoms with E-state index in [0.717, 1.165) is 26.0 Å². The lowest BCUT2D eigenvalue weighted by Gasteiger charge is -2.17. The third kappa shape index (κ3) is 9.95. The summed E-state index contributed by atoms with van der Waals surface area (Å²) in [4.78, 5) is 0. The van der Waals surface area contributed by atoms with Crippen LogP contribution in [0.1, 0.15) is 45.4 Å². The van der Waals surface area contributed by atoms with Crippen molar-refractivity contribution in [2.45, 2.75) is 51.5 Å². The molecule has 0 aliphatic rings. The predicted octanol–water partition coefficient (Wildman–Crippen LogP) is 3.14. The molecule has 1 atom stereocenters. The summed E-state index contributed by atoms with van der Waals surface area (Å²) in [5, 5.41) is 3.51. The number of methoxy groups -OCH3 is 1. The first-order valence-corrected chi connectivity index (χ1v) is 6.18. The topological polar surface area (TPSA) is 21.3 Å². The summed E-state index contributed by atoms with van der Waals surface area (Å²) < 4.78 is 5.11. The van der Waals surface area contributed by atoms with Crippen molar-refractivity contribution in [1.82, 2.24) is 5.32 Å². The molecule has 0 spiro atoms. The normalized spacial score (nSPS) is 12.7. The molecule has 0 heterocycles. The van der Waals surface area contributed by atoms with Gasteiger partial charge in [0.25, 0.3) is 0 Å². The van der Waals surface area contributed by atoms with E-state index in [-0.39, 0.29) is 0 Å². The van der Waals surface area contributed by atoms with Crippen molar-refractivity contribution in [2.24, 2.45) is 0 Å². The lowest BCUT2D eigenvalue weighted by atomic mass is 10.0. The highest BCUT2D eigenvalue weighted by Crippen LogP contribution is 2.08. The fourth-order valence-corrected chi connectivity index (χ4v) is 1.75. The average Bonchev–Trinajstić information content (AvgIpc) is 2.25. The monoisotopic (exact) mass is 213 g/mol. The molecule has 0 aromatic heterocycles. The Morgan fingerprint density at radius 3 is 2.67 bits per heavy atom. The van der Waals surface area contributed by atoms with Crippen LogP contribution in [0.25, 0.3) is 0 Å². The lowest BCUT2D eigenvalue weighted by molar-refractivity contribution is 0.180. The van der Waals surface area contributed by atoms with Gasteiger partial charge >= 0.3 is 0 Å². The summed E-state index contributed by atoms with van der Waals surface area (Å²) in [6.07, 6.45) is 9.49. The fraction of sp³-hybridized carbons (Fsp3) is 0.846. The smallest absolute Gasteiger partial charge is 0.0477 e. The summed E-state index contributed by atoms with van der Waals surface area (Å²) in [7, 11) is 1.77. The van der Waals surface area contributed by atoms with E-state index in [4.69, 9.17) is 4.74 Å². The first-order valence-electron chi connectivity index (χ1n) is 6.18. The van der Waals surface area contributed by atoms with Crippen LogP contribution in [-0.4, -0.2) is 26.3 Å². The molecule has 0 saturated heterocycles. The maximum Gasteiger partial charge on any atom is 0.0477 e. The number of rotatable bonds is 11. The molecule has 2 heteroatoms. The molecule has 2 nitrogen and oxygen atoms in total. The number of ether oxygens (including phenoxy) is 1. The van der Waals surface area contributed by atoms with Crippen molar-refractivity contribution >= 4 is 0 Å². The summed E-state index contributed by atoms with van der Waals surface area (Å²) in [5.41, 5.74) is 0. The van der Waals surface area contributed by atoms with Gasteiger partial charge in [0.1, 0.15) is 0 Å². The summed E-state index contributed by atoms with van der Waals surface area (Å²) in [5.74, 6) is 0. The maximum absolute atomic E-state index is 5.11. The van der Waals surface area contributed by atoms with Gasteiger partial charge in [0.05, 0.1) is 0 Å². The van der Waals surface area contributed by atoms with E-state index in [1.54, 1.807) is 7.11 Å². The molecule has 0 aliphatic heterocycles. The van der Waals surface area contributed by atoms with E-state index in [0.29, 0.717) is 6.04 Å². The van der Waals surface area contributed by atoms with E-state index in [1.165, 1.54) is 25.7 Å². The third-order valence-corrected chi connectivity index (χ3v) is 2.62. The second-order valence-corrected chi connectivity index (χ2v) is 3.96. The fourth-order valence-electron chi connectivity index (χ4n) is 1.75. The highest BCUT2D eigenvalue weighted by molar-refractivity contribution is 4.68. The highest BCUT2D eigenvalue weighted by atomic mass is 16.5. The summed E-state index contributed by atoms with van der Waals surface area (Å²) >= 11 is 0. The Labute approximate surface area is 95.1 Å². The minimum Gasteiger partial charge on any atom is -0.385 e. The first kappa shape index (κ1) is 14.7. The highest BCUT2D eigenvalue weighted by Gasteiger charge is 2.05. The van der Waals surface area contributed by atoms with Gasteiger partial charge < -0.3 is 10.1 Å². The van der Waals surface area contributed by atoms with Gasteiger partial charge in [0, 0.05) is 19.8 Å². The predicted molar refractivity (Wildman–Crippen MR) is 67.2 cm³/mol. The van der Waals surface area contributed by atoms with Gasteiger partial charge in [-0.3, -0.25) is 0 Å². The largest absolute Gasteiger partial charge is 0.385 e. The lowest BCUT2D eigenvalue weighted by Crippen LogP contribution is -2.29. The Morgan fingerprint density at radius 2 is 2.07 bits per heavy atom. The quantitative estimate of drug-likeness (QED) is 0.420. The van der Waals surface area contributed by atoms with Gasteiger partial charge in [-0.1, -0.05) is 25.8 Å². The Hall–Kier alpha value is -0.340. The molecule has 15 heavy (non-hydrogen) atoms. The molecule has 0 radical (unpaired) electrons. The van der Waals surface area contributed by atoms with E-state index >= 15 is 0 Å². The number of nitrogens with one attached hydrogen (secondary N) is 1. The van der Waals surface area contributed by atoms with Crippen molar-refractivity contribution in [1.29, 1.82) is 0 Å². The van der Waals surface area contributed by atoms with Crippen LogP contribution in [0.3, 0.4) is 0 Å². The van der Waals surface area contributed by atoms with Gasteiger partial charge in [-0.25, -0.2) is 0 Å². The molecule has 1 unspecified atom stereocenters. The zero-order valence-corrected chi connectivity index (χ0v) is 10.4. The van der Waals surface area contributed by atoms with Crippen LogP contribution in [0.15, 0.2) is 12.7 Å². The molecule has 90 valence electrons. The number of allylic oxidation sites excluding steroid dienone is 1. The van der Waals surface area contributed by atoms with Crippen LogP contribution in [0.5, 0.6) is 0 Å². The summed E-state index contributed by atoms with van der Waals surface area (Å²) in [6, 6.07) is 0.638. The van der Waals surface area contributed by atoms with Crippen molar-refractivity contribution in [3.8, 4) is 0 Å². The van der Waals surface area contributed by atoms with Gasteiger partial charge in [0.15, 0.2) is 0 Å². The van der Waals surface area contributed by atoms with Crippen LogP contribution in [0.4, 0.5) is 0 Å². The van der Waals surface area contributed by atoms with Crippen molar-refractivity contribution in [3.63, 3.8) is 0 Å². The molecular formula is C13H27NO. The van der Waals surface area contributed by atoms with Crippen LogP contribution >= 0.6 is 0 Å². The first-order chi connectivity index (χ1) is 7.35. The van der Waals surface area contributed by atoms with Crippen molar-refractivity contribution in [2.75, 3.05) is 20.3 Å². The van der Waals surface area contributed by atoms with E-state index < -0.39 is 0 Å². The SMILES string of the molecule is C=CCCCCCC(CCOC)NCC. The minimum absolute atomic E-state index is 0.638. The van der Waals surface area contributed by atoms with Crippen molar-refractivity contribution in [3.05, 3.63) is 12.7 Å². The van der Waals surface area contributed by atoms with Crippen LogP contribution in [-0.2, 0) is 4.74 Å². The molecule has 0 saturated carbocycles. The van der Waals surface area contributed by atoms with Crippen LogP contribution in [0.2, 0.25) is 0 Å². The van der Waals surface area contributed by atoms with Crippen LogP contribution < -0.4 is 5.32 Å². The number of unbranched alkanes of at least 4 members (excludes halogenated alkanes) is 3. The van der Waals surface area contributed by atoms with Gasteiger partial charge in [-0.15, -0.1) is 6.58 Å². The molecule has 1 N–H and O–H groups in total. The summed E-state index contributed by atoms with van der Waals surface area (Å²) in [6.45, 7) is 7.82. The van der Waals surface area contributed by atoms with Gasteiger partial charge in [-0.2, -0.15) is 0 Å². The van der Waals surface area contributed by atoms with Gasteiger partial charge in [0.2, 0.25) is 0 Å². The molecule has 0 fully saturated rings.